The lowest BCUT2D eigenvalue weighted by Gasteiger charge is -2.24. The largest absolute Gasteiger partial charge is 0.573 e. The van der Waals surface area contributed by atoms with Crippen LogP contribution < -0.4 is 10.1 Å². The van der Waals surface area contributed by atoms with Crippen LogP contribution in [0.15, 0.2) is 54.6 Å². The zero-order valence-electron chi connectivity index (χ0n) is 19.0. The molecule has 2 aromatic rings. The van der Waals surface area contributed by atoms with Crippen molar-refractivity contribution in [3.8, 4) is 5.75 Å². The molecule has 0 bridgehead atoms. The van der Waals surface area contributed by atoms with E-state index in [-0.39, 0.29) is 19.4 Å². The second kappa shape index (κ2) is 11.8. The Bertz CT molecular complexity index is 927. The number of hydrogen-bond donors (Lipinski definition) is 1. The van der Waals surface area contributed by atoms with E-state index in [1.807, 2.05) is 0 Å². The first-order valence-electron chi connectivity index (χ1n) is 10.5. The van der Waals surface area contributed by atoms with Crippen LogP contribution in [0.5, 0.6) is 5.75 Å². The molecule has 0 saturated heterocycles. The number of alkyl halides is 4. The third-order valence-corrected chi connectivity index (χ3v) is 4.65. The summed E-state index contributed by atoms with van der Waals surface area (Å²) in [6.07, 6.45) is -6.60. The molecule has 1 N–H and O–H groups in total. The molecule has 6 nitrogen and oxygen atoms in total. The van der Waals surface area contributed by atoms with Crippen molar-refractivity contribution < 1.29 is 41.4 Å². The summed E-state index contributed by atoms with van der Waals surface area (Å²) in [5.74, 6) is -2.13. The normalized spacial score (nSPS) is 13.6. The van der Waals surface area contributed by atoms with E-state index in [1.54, 1.807) is 30.3 Å². The highest BCUT2D eigenvalue weighted by atomic mass is 19.4. The number of halogens is 4. The van der Waals surface area contributed by atoms with Gasteiger partial charge in [0.2, 0.25) is 6.10 Å². The Morgan fingerprint density at radius 3 is 2.06 bits per heavy atom. The molecule has 0 fully saturated rings. The van der Waals surface area contributed by atoms with Gasteiger partial charge in [0.15, 0.2) is 0 Å². The van der Waals surface area contributed by atoms with Crippen LogP contribution >= 0.6 is 0 Å². The van der Waals surface area contributed by atoms with E-state index >= 15 is 0 Å². The molecule has 186 valence electrons. The molecule has 2 rings (SSSR count). The van der Waals surface area contributed by atoms with Crippen LogP contribution in [0.1, 0.15) is 31.4 Å². The van der Waals surface area contributed by atoms with Crippen molar-refractivity contribution in [2.45, 2.75) is 57.5 Å². The molecule has 0 heterocycles. The highest BCUT2D eigenvalue weighted by Gasteiger charge is 2.33. The van der Waals surface area contributed by atoms with Crippen LogP contribution in [-0.4, -0.2) is 43.2 Å². The average molecular weight is 485 g/mol. The number of rotatable bonds is 11. The number of benzene rings is 2. The maximum absolute atomic E-state index is 14.1. The second-order valence-electron chi connectivity index (χ2n) is 8.18. The van der Waals surface area contributed by atoms with E-state index in [1.165, 1.54) is 33.0 Å². The van der Waals surface area contributed by atoms with Crippen molar-refractivity contribution in [3.63, 3.8) is 0 Å². The first kappa shape index (κ1) is 27.1. The molecule has 0 aromatic heterocycles. The van der Waals surface area contributed by atoms with Gasteiger partial charge < -0.3 is 19.5 Å². The maximum Gasteiger partial charge on any atom is 0.573 e. The van der Waals surface area contributed by atoms with Crippen molar-refractivity contribution in [1.29, 1.82) is 0 Å². The molecule has 0 aliphatic heterocycles. The summed E-state index contributed by atoms with van der Waals surface area (Å²) >= 11 is 0. The number of carbonyl (C=O) groups excluding carboxylic acids is 2. The van der Waals surface area contributed by atoms with E-state index < -0.39 is 41.9 Å². The van der Waals surface area contributed by atoms with Crippen molar-refractivity contribution in [1.82, 2.24) is 5.32 Å². The lowest BCUT2D eigenvalue weighted by molar-refractivity contribution is -0.274. The standard InChI is InChI=1S/C24H27F4NO5/c1-23(2,25)14-19(29-3)21(30)33-20(22(31)32-15-17-7-5-4-6-8-17)13-16-9-11-18(12-10-16)34-24(26,27)28/h4-12,19-20,29H,13-15H2,1-3H3/t19-,20?/m1/s1. The summed E-state index contributed by atoms with van der Waals surface area (Å²) in [7, 11) is 1.46. The summed E-state index contributed by atoms with van der Waals surface area (Å²) < 4.78 is 65.7. The number of nitrogens with one attached hydrogen (secondary N) is 1. The number of likely N-dealkylation sites (N-methyl/N-ethyl adjacent to an activating group) is 1. The zero-order chi connectivity index (χ0) is 25.4. The van der Waals surface area contributed by atoms with Crippen LogP contribution in [-0.2, 0) is 32.1 Å². The van der Waals surface area contributed by atoms with E-state index in [2.05, 4.69) is 10.1 Å². The number of ether oxygens (including phenoxy) is 3. The Morgan fingerprint density at radius 2 is 1.53 bits per heavy atom. The van der Waals surface area contributed by atoms with Gasteiger partial charge in [-0.2, -0.15) is 0 Å². The van der Waals surface area contributed by atoms with Gasteiger partial charge >= 0.3 is 18.3 Å². The van der Waals surface area contributed by atoms with Gasteiger partial charge in [-0.3, -0.25) is 4.79 Å². The third kappa shape index (κ3) is 9.78. The lowest BCUT2D eigenvalue weighted by Crippen LogP contribution is -2.43. The number of esters is 2. The van der Waals surface area contributed by atoms with Crippen LogP contribution in [0.3, 0.4) is 0 Å². The first-order chi connectivity index (χ1) is 15.9. The number of hydrogen-bond acceptors (Lipinski definition) is 6. The molecule has 0 aliphatic rings. The van der Waals surface area contributed by atoms with Gasteiger partial charge in [0.25, 0.3) is 0 Å². The van der Waals surface area contributed by atoms with Gasteiger partial charge in [0.1, 0.15) is 24.1 Å². The molecular formula is C24H27F4NO5. The van der Waals surface area contributed by atoms with Crippen molar-refractivity contribution in [3.05, 3.63) is 65.7 Å². The molecule has 34 heavy (non-hydrogen) atoms. The summed E-state index contributed by atoms with van der Waals surface area (Å²) in [5.41, 5.74) is -0.567. The van der Waals surface area contributed by atoms with Gasteiger partial charge in [-0.05, 0) is 44.2 Å². The molecule has 1 unspecified atom stereocenters. The minimum atomic E-state index is -4.84. The van der Waals surface area contributed by atoms with Crippen molar-refractivity contribution in [2.24, 2.45) is 0 Å². The summed E-state index contributed by atoms with van der Waals surface area (Å²) in [4.78, 5) is 25.4. The molecule has 0 saturated carbocycles. The molecule has 0 amide bonds. The smallest absolute Gasteiger partial charge is 0.458 e. The SMILES string of the molecule is CN[C@H](CC(C)(C)F)C(=O)OC(Cc1ccc(OC(F)(F)F)cc1)C(=O)OCc1ccccc1. The quantitative estimate of drug-likeness (QED) is 0.373. The highest BCUT2D eigenvalue weighted by molar-refractivity contribution is 5.82. The molecule has 2 atom stereocenters. The number of carbonyl (C=O) groups is 2. The zero-order valence-corrected chi connectivity index (χ0v) is 19.0. The average Bonchev–Trinajstić information content (AvgIpc) is 2.75. The molecule has 10 heteroatoms. The highest BCUT2D eigenvalue weighted by Crippen LogP contribution is 2.24. The molecule has 2 aromatic carbocycles. The van der Waals surface area contributed by atoms with E-state index in [4.69, 9.17) is 9.47 Å². The van der Waals surface area contributed by atoms with Crippen LogP contribution in [0.4, 0.5) is 17.6 Å². The fourth-order valence-electron chi connectivity index (χ4n) is 3.05. The Kier molecular flexibility index (Phi) is 9.43. The van der Waals surface area contributed by atoms with E-state index in [0.717, 1.165) is 12.1 Å². The lowest BCUT2D eigenvalue weighted by atomic mass is 10.0. The summed E-state index contributed by atoms with van der Waals surface area (Å²) in [6.45, 7) is 2.54. The van der Waals surface area contributed by atoms with Crippen molar-refractivity contribution in [2.75, 3.05) is 7.05 Å². The first-order valence-corrected chi connectivity index (χ1v) is 10.5. The fourth-order valence-corrected chi connectivity index (χ4v) is 3.05. The van der Waals surface area contributed by atoms with Gasteiger partial charge in [0, 0.05) is 12.8 Å². The fraction of sp³-hybridized carbons (Fsp3) is 0.417. The van der Waals surface area contributed by atoms with Gasteiger partial charge in [-0.1, -0.05) is 42.5 Å². The second-order valence-corrected chi connectivity index (χ2v) is 8.18. The molecular weight excluding hydrogens is 458 g/mol. The Labute approximate surface area is 195 Å². The van der Waals surface area contributed by atoms with Crippen LogP contribution in [0.25, 0.3) is 0 Å². The summed E-state index contributed by atoms with van der Waals surface area (Å²) in [6, 6.07) is 12.6. The van der Waals surface area contributed by atoms with E-state index in [9.17, 15) is 27.2 Å². The molecule has 0 radical (unpaired) electrons. The van der Waals surface area contributed by atoms with E-state index in [0.29, 0.717) is 11.1 Å². The Hall–Kier alpha value is -3.14. The summed E-state index contributed by atoms with van der Waals surface area (Å²) in [5, 5.41) is 2.66. The molecule has 0 spiro atoms. The minimum Gasteiger partial charge on any atom is -0.458 e. The Balaban J connectivity index is 2.15. The predicted octanol–water partition coefficient (Wildman–Crippen LogP) is 4.51. The van der Waals surface area contributed by atoms with Crippen molar-refractivity contribution >= 4 is 11.9 Å². The van der Waals surface area contributed by atoms with Crippen LogP contribution in [0, 0.1) is 0 Å². The topological polar surface area (TPSA) is 73.9 Å². The van der Waals surface area contributed by atoms with Crippen LogP contribution in [0.2, 0.25) is 0 Å². The Morgan fingerprint density at radius 1 is 0.912 bits per heavy atom. The minimum absolute atomic E-state index is 0.0704. The van der Waals surface area contributed by atoms with Gasteiger partial charge in [-0.25, -0.2) is 9.18 Å². The van der Waals surface area contributed by atoms with Gasteiger partial charge in [0.05, 0.1) is 0 Å². The maximum atomic E-state index is 14.1. The monoisotopic (exact) mass is 485 g/mol. The predicted molar refractivity (Wildman–Crippen MR) is 116 cm³/mol. The van der Waals surface area contributed by atoms with Gasteiger partial charge in [-0.15, -0.1) is 13.2 Å². The third-order valence-electron chi connectivity index (χ3n) is 4.65. The molecule has 0 aliphatic carbocycles.